The first kappa shape index (κ1) is 27.7. The molecular formula is C32H37N3O5S. The number of amides is 1. The Kier molecular flexibility index (Phi) is 7.74. The molecule has 2 aliphatic heterocycles. The van der Waals surface area contributed by atoms with Crippen molar-refractivity contribution in [2.75, 3.05) is 31.1 Å². The summed E-state index contributed by atoms with van der Waals surface area (Å²) in [5, 5.41) is 22.6. The zero-order valence-electron chi connectivity index (χ0n) is 23.6. The molecule has 2 N–H and O–H groups in total. The molecule has 216 valence electrons. The van der Waals surface area contributed by atoms with E-state index in [1.807, 2.05) is 37.3 Å². The van der Waals surface area contributed by atoms with Gasteiger partial charge in [-0.2, -0.15) is 0 Å². The lowest BCUT2D eigenvalue weighted by atomic mass is 9.85. The number of ether oxygens (including phenoxy) is 1. The van der Waals surface area contributed by atoms with Crippen molar-refractivity contribution in [2.24, 2.45) is 17.8 Å². The van der Waals surface area contributed by atoms with Crippen LogP contribution in [-0.2, 0) is 11.4 Å². The van der Waals surface area contributed by atoms with Gasteiger partial charge in [-0.25, -0.2) is 4.98 Å². The summed E-state index contributed by atoms with van der Waals surface area (Å²) in [5.41, 5.74) is 5.53. The Morgan fingerprint density at radius 2 is 1.83 bits per heavy atom. The van der Waals surface area contributed by atoms with Crippen LogP contribution in [0.1, 0.15) is 52.7 Å². The summed E-state index contributed by atoms with van der Waals surface area (Å²) >= 11 is 1.60. The first-order valence-corrected chi connectivity index (χ1v) is 15.4. The molecule has 8 nitrogen and oxygen atoms in total. The lowest BCUT2D eigenvalue weighted by Crippen LogP contribution is -2.44. The zero-order valence-corrected chi connectivity index (χ0v) is 24.4. The average molecular weight is 576 g/mol. The number of aryl methyl sites for hydroxylation is 2. The van der Waals surface area contributed by atoms with Gasteiger partial charge in [0.25, 0.3) is 5.91 Å². The number of hydrogen-bond donors (Lipinski definition) is 2. The third kappa shape index (κ3) is 5.70. The van der Waals surface area contributed by atoms with Crippen LogP contribution in [0.5, 0.6) is 5.75 Å². The number of aromatic nitrogens is 1. The van der Waals surface area contributed by atoms with Crippen molar-refractivity contribution < 1.29 is 24.5 Å². The van der Waals surface area contributed by atoms with Crippen LogP contribution < -0.4 is 9.64 Å². The number of fused-ring (bicyclic) bond motifs is 2. The summed E-state index contributed by atoms with van der Waals surface area (Å²) in [7, 11) is 0. The Hall–Kier alpha value is -3.43. The fourth-order valence-electron chi connectivity index (χ4n) is 6.75. The standard InChI is InChI=1S/C32H37N3O5S/c1-19-5-10-28(40-17-24-9-6-21(13-20(24)2)30(37)34-11-3-4-25(36)16-34)26(12-19)27-18-41-32(33-27)35-14-22-7-8-23(15-35)29(22)31(38)39/h5-6,9-10,12-13,18,22-23,25,29,36H,3-4,7-8,11,14-17H2,1-2H3,(H,38,39)/t22-,23?,25-,29?/m0/s1. The minimum absolute atomic E-state index is 0.0420. The van der Waals surface area contributed by atoms with Gasteiger partial charge in [-0.1, -0.05) is 17.7 Å². The van der Waals surface area contributed by atoms with Crippen LogP contribution in [0.25, 0.3) is 11.3 Å². The summed E-state index contributed by atoms with van der Waals surface area (Å²) in [4.78, 5) is 33.7. The van der Waals surface area contributed by atoms with Crippen molar-refractivity contribution in [3.8, 4) is 17.0 Å². The Bertz CT molecular complexity index is 1440. The van der Waals surface area contributed by atoms with Crippen molar-refractivity contribution in [3.63, 3.8) is 0 Å². The molecule has 41 heavy (non-hydrogen) atoms. The smallest absolute Gasteiger partial charge is 0.307 e. The number of nitrogens with zero attached hydrogens (tertiary/aromatic N) is 3. The number of β-amino-alcohol motifs (C(OH)–C–C–N with tert-alkyl or cyclic N) is 1. The molecule has 1 amide bonds. The highest BCUT2D eigenvalue weighted by atomic mass is 32.1. The summed E-state index contributed by atoms with van der Waals surface area (Å²) in [6, 6.07) is 11.8. The van der Waals surface area contributed by atoms with Crippen LogP contribution in [0, 0.1) is 31.6 Å². The van der Waals surface area contributed by atoms with Crippen LogP contribution in [-0.4, -0.2) is 64.3 Å². The van der Waals surface area contributed by atoms with Crippen molar-refractivity contribution in [2.45, 2.75) is 52.2 Å². The van der Waals surface area contributed by atoms with Gasteiger partial charge >= 0.3 is 5.97 Å². The molecule has 3 fully saturated rings. The Morgan fingerprint density at radius 3 is 2.54 bits per heavy atom. The number of hydrogen-bond acceptors (Lipinski definition) is 7. The van der Waals surface area contributed by atoms with E-state index < -0.39 is 12.1 Å². The van der Waals surface area contributed by atoms with Crippen LogP contribution in [0.3, 0.4) is 0 Å². The maximum absolute atomic E-state index is 13.0. The second-order valence-electron chi connectivity index (χ2n) is 11.9. The predicted octanol–water partition coefficient (Wildman–Crippen LogP) is 5.15. The molecular weight excluding hydrogens is 538 g/mol. The number of carboxylic acid groups (broad SMARTS) is 1. The molecule has 6 rings (SSSR count). The lowest BCUT2D eigenvalue weighted by molar-refractivity contribution is -0.144. The maximum atomic E-state index is 13.0. The molecule has 3 aliphatic rings. The summed E-state index contributed by atoms with van der Waals surface area (Å²) in [6.07, 6.45) is 3.07. The van der Waals surface area contributed by atoms with Crippen LogP contribution in [0.15, 0.2) is 41.8 Å². The van der Waals surface area contributed by atoms with Crippen LogP contribution in [0.2, 0.25) is 0 Å². The van der Waals surface area contributed by atoms with E-state index in [4.69, 9.17) is 9.72 Å². The second kappa shape index (κ2) is 11.4. The molecule has 2 aromatic carbocycles. The lowest BCUT2D eigenvalue weighted by Gasteiger charge is -2.35. The van der Waals surface area contributed by atoms with Crippen molar-refractivity contribution in [3.05, 3.63) is 64.0 Å². The molecule has 0 radical (unpaired) electrons. The van der Waals surface area contributed by atoms with Gasteiger partial charge in [0.05, 0.1) is 17.7 Å². The molecule has 1 saturated carbocycles. The van der Waals surface area contributed by atoms with Crippen molar-refractivity contribution in [1.29, 1.82) is 0 Å². The highest BCUT2D eigenvalue weighted by Crippen LogP contribution is 2.44. The van der Waals surface area contributed by atoms with E-state index in [1.54, 1.807) is 16.2 Å². The van der Waals surface area contributed by atoms with E-state index in [-0.39, 0.29) is 23.7 Å². The molecule has 4 atom stereocenters. The minimum Gasteiger partial charge on any atom is -0.488 e. The third-order valence-corrected chi connectivity index (χ3v) is 9.85. The fraction of sp³-hybridized carbons (Fsp3) is 0.469. The van der Waals surface area contributed by atoms with Crippen molar-refractivity contribution >= 4 is 28.3 Å². The molecule has 2 saturated heterocycles. The number of aliphatic hydroxyl groups excluding tert-OH is 1. The van der Waals surface area contributed by atoms with Crippen LogP contribution in [0.4, 0.5) is 5.13 Å². The SMILES string of the molecule is Cc1ccc(OCc2ccc(C(=O)N3CCC[C@H](O)C3)cc2C)c(-c2csc(N3CC4CC[C@@H](C3)C4C(=O)O)n2)c1. The Balaban J connectivity index is 1.16. The summed E-state index contributed by atoms with van der Waals surface area (Å²) in [5.74, 6) is 0.201. The van der Waals surface area contributed by atoms with Crippen LogP contribution >= 0.6 is 11.3 Å². The van der Waals surface area contributed by atoms with Gasteiger partial charge in [0.2, 0.25) is 0 Å². The number of thiazole rings is 1. The number of carbonyl (C=O) groups is 2. The first-order chi connectivity index (χ1) is 19.8. The number of rotatable bonds is 7. The molecule has 2 unspecified atom stereocenters. The zero-order chi connectivity index (χ0) is 28.7. The van der Waals surface area contributed by atoms with E-state index in [0.29, 0.717) is 25.3 Å². The predicted molar refractivity (Wildman–Crippen MR) is 158 cm³/mol. The van der Waals surface area contributed by atoms with Gasteiger partial charge in [0, 0.05) is 42.7 Å². The average Bonchev–Trinajstić information content (AvgIpc) is 3.55. The fourth-order valence-corrected chi connectivity index (χ4v) is 7.60. The number of carbonyl (C=O) groups excluding carboxylic acids is 1. The molecule has 1 aromatic heterocycles. The number of piperidine rings is 2. The first-order valence-electron chi connectivity index (χ1n) is 14.5. The number of likely N-dealkylation sites (tertiary alicyclic amines) is 1. The molecule has 0 spiro atoms. The molecule has 3 aromatic rings. The molecule has 3 heterocycles. The minimum atomic E-state index is -0.656. The monoisotopic (exact) mass is 575 g/mol. The van der Waals surface area contributed by atoms with Gasteiger partial charge in [-0.05, 0) is 86.8 Å². The highest BCUT2D eigenvalue weighted by molar-refractivity contribution is 7.14. The van der Waals surface area contributed by atoms with E-state index in [2.05, 4.69) is 23.3 Å². The quantitative estimate of drug-likeness (QED) is 0.402. The van der Waals surface area contributed by atoms with Gasteiger partial charge in [0.1, 0.15) is 12.4 Å². The van der Waals surface area contributed by atoms with E-state index in [9.17, 15) is 19.8 Å². The van der Waals surface area contributed by atoms with Gasteiger partial charge in [-0.15, -0.1) is 11.3 Å². The largest absolute Gasteiger partial charge is 0.488 e. The maximum Gasteiger partial charge on any atom is 0.307 e. The Labute approximate surface area is 244 Å². The summed E-state index contributed by atoms with van der Waals surface area (Å²) < 4.78 is 6.34. The van der Waals surface area contributed by atoms with Gasteiger partial charge in [0.15, 0.2) is 5.13 Å². The van der Waals surface area contributed by atoms with Gasteiger partial charge < -0.3 is 24.7 Å². The number of carboxylic acids is 1. The molecule has 1 aliphatic carbocycles. The number of anilines is 1. The van der Waals surface area contributed by atoms with E-state index >= 15 is 0 Å². The van der Waals surface area contributed by atoms with Gasteiger partial charge in [-0.3, -0.25) is 9.59 Å². The highest BCUT2D eigenvalue weighted by Gasteiger charge is 2.46. The van der Waals surface area contributed by atoms with Crippen molar-refractivity contribution in [1.82, 2.24) is 9.88 Å². The third-order valence-electron chi connectivity index (χ3n) is 8.95. The summed E-state index contributed by atoms with van der Waals surface area (Å²) in [6.45, 7) is 6.96. The number of aliphatic hydroxyl groups is 1. The normalized spacial score (nSPS) is 24.0. The topological polar surface area (TPSA) is 103 Å². The van der Waals surface area contributed by atoms with E-state index in [0.717, 1.165) is 77.6 Å². The molecule has 2 bridgehead atoms. The van der Waals surface area contributed by atoms with E-state index in [1.165, 1.54) is 0 Å². The number of benzene rings is 2. The number of aliphatic carboxylic acids is 1. The molecule has 9 heteroatoms. The Morgan fingerprint density at radius 1 is 1.05 bits per heavy atom. The second-order valence-corrected chi connectivity index (χ2v) is 12.7.